The summed E-state index contributed by atoms with van der Waals surface area (Å²) < 4.78 is 0. The van der Waals surface area contributed by atoms with Crippen molar-refractivity contribution in [3.05, 3.63) is 23.4 Å². The van der Waals surface area contributed by atoms with Crippen LogP contribution in [0.5, 0.6) is 0 Å². The average Bonchev–Trinajstić information content (AvgIpc) is 2.74. The fourth-order valence-electron chi connectivity index (χ4n) is 2.26. The number of nitrogens with two attached hydrogens (primary N) is 1. The average molecular weight is 356 g/mol. The van der Waals surface area contributed by atoms with Crippen LogP contribution in [-0.2, 0) is 4.79 Å². The predicted octanol–water partition coefficient (Wildman–Crippen LogP) is 2.19. The van der Waals surface area contributed by atoms with Crippen molar-refractivity contribution in [2.75, 3.05) is 31.5 Å². The molecule has 1 aliphatic rings. The second kappa shape index (κ2) is 8.76. The molecule has 1 aromatic rings. The van der Waals surface area contributed by atoms with Gasteiger partial charge in [-0.2, -0.15) is 0 Å². The number of halogens is 3. The third-order valence-corrected chi connectivity index (χ3v) is 3.72. The van der Waals surface area contributed by atoms with Crippen LogP contribution in [0.15, 0.2) is 18.3 Å². The van der Waals surface area contributed by atoms with Crippen molar-refractivity contribution in [1.82, 2.24) is 9.88 Å². The van der Waals surface area contributed by atoms with E-state index in [9.17, 15) is 4.79 Å². The lowest BCUT2D eigenvalue weighted by molar-refractivity contribution is -0.117. The summed E-state index contributed by atoms with van der Waals surface area (Å²) in [6.07, 6.45) is 2.55. The molecular weight excluding hydrogens is 335 g/mol. The summed E-state index contributed by atoms with van der Waals surface area (Å²) in [6.45, 7) is 4.97. The highest BCUT2D eigenvalue weighted by Crippen LogP contribution is 2.28. The molecule has 3 N–H and O–H groups in total. The minimum Gasteiger partial charge on any atom is -0.330 e. The molecule has 2 rings (SSSR count). The molecule has 120 valence electrons. The van der Waals surface area contributed by atoms with E-state index in [2.05, 4.69) is 22.1 Å². The Hall–Kier alpha value is -0.590. The minimum atomic E-state index is -0.0592. The molecule has 1 aliphatic heterocycles. The molecule has 0 saturated carbocycles. The monoisotopic (exact) mass is 354 g/mol. The summed E-state index contributed by atoms with van der Waals surface area (Å²) in [5.74, 6) is 0.464. The Morgan fingerprint density at radius 2 is 2.24 bits per heavy atom. The molecule has 1 unspecified atom stereocenters. The molecule has 0 bridgehead atoms. The fraction of sp³-hybridized carbons (Fsp3) is 0.538. The van der Waals surface area contributed by atoms with Gasteiger partial charge in [-0.15, -0.1) is 24.8 Å². The summed E-state index contributed by atoms with van der Waals surface area (Å²) in [7, 11) is 0. The summed E-state index contributed by atoms with van der Waals surface area (Å²) in [5.41, 5.74) is 5.89. The van der Waals surface area contributed by atoms with E-state index in [1.54, 1.807) is 12.1 Å². The Balaban J connectivity index is 0.00000200. The van der Waals surface area contributed by atoms with Crippen LogP contribution in [0.2, 0.25) is 5.02 Å². The van der Waals surface area contributed by atoms with E-state index < -0.39 is 0 Å². The Bertz CT molecular complexity index is 457. The molecule has 0 spiro atoms. The number of hydrogen-bond acceptors (Lipinski definition) is 4. The number of carbonyl (C=O) groups is 1. The number of aromatic nitrogens is 1. The molecule has 1 amide bonds. The van der Waals surface area contributed by atoms with Crippen LogP contribution in [0.3, 0.4) is 0 Å². The minimum absolute atomic E-state index is 0. The van der Waals surface area contributed by atoms with E-state index in [0.29, 0.717) is 23.9 Å². The van der Waals surface area contributed by atoms with Gasteiger partial charge in [-0.1, -0.05) is 18.5 Å². The lowest BCUT2D eigenvalue weighted by Gasteiger charge is -2.22. The second-order valence-electron chi connectivity index (χ2n) is 5.39. The van der Waals surface area contributed by atoms with Crippen LogP contribution in [0.25, 0.3) is 0 Å². The highest BCUT2D eigenvalue weighted by molar-refractivity contribution is 6.30. The maximum absolute atomic E-state index is 11.9. The van der Waals surface area contributed by atoms with Gasteiger partial charge in [0.25, 0.3) is 0 Å². The SMILES string of the molecule is CC1(CN)CCN(CC(=O)Nc2ccc(Cl)cn2)C1.Cl.Cl. The maximum atomic E-state index is 11.9. The Morgan fingerprint density at radius 1 is 1.52 bits per heavy atom. The molecule has 21 heavy (non-hydrogen) atoms. The third kappa shape index (κ3) is 5.96. The summed E-state index contributed by atoms with van der Waals surface area (Å²) in [4.78, 5) is 18.1. The van der Waals surface area contributed by atoms with Crippen LogP contribution in [0.4, 0.5) is 5.82 Å². The predicted molar refractivity (Wildman–Crippen MR) is 90.6 cm³/mol. The molecule has 5 nitrogen and oxygen atoms in total. The van der Waals surface area contributed by atoms with Crippen LogP contribution >= 0.6 is 36.4 Å². The number of nitrogens with zero attached hydrogens (tertiary/aromatic N) is 2. The Morgan fingerprint density at radius 3 is 2.76 bits per heavy atom. The van der Waals surface area contributed by atoms with Crippen LogP contribution in [-0.4, -0.2) is 42.0 Å². The zero-order chi connectivity index (χ0) is 13.9. The van der Waals surface area contributed by atoms with Crippen molar-refractivity contribution < 1.29 is 4.79 Å². The molecule has 2 heterocycles. The third-order valence-electron chi connectivity index (χ3n) is 3.49. The smallest absolute Gasteiger partial charge is 0.239 e. The highest BCUT2D eigenvalue weighted by atomic mass is 35.5. The largest absolute Gasteiger partial charge is 0.330 e. The normalized spacial score (nSPS) is 21.3. The standard InChI is InChI=1S/C13H19ClN4O.2ClH/c1-13(8-15)4-5-18(9-13)7-12(19)17-11-3-2-10(14)6-16-11;;/h2-3,6H,4-5,7-9,15H2,1H3,(H,16,17,19);2*1H. The summed E-state index contributed by atoms with van der Waals surface area (Å²) in [5, 5.41) is 3.31. The fourth-order valence-corrected chi connectivity index (χ4v) is 2.37. The lowest BCUT2D eigenvalue weighted by Crippen LogP contribution is -2.35. The topological polar surface area (TPSA) is 71.2 Å². The van der Waals surface area contributed by atoms with Crippen molar-refractivity contribution in [3.8, 4) is 0 Å². The molecular formula is C13H21Cl3N4O. The summed E-state index contributed by atoms with van der Waals surface area (Å²) >= 11 is 5.74. The number of nitrogens with one attached hydrogen (secondary N) is 1. The van der Waals surface area contributed by atoms with Gasteiger partial charge in [0.1, 0.15) is 5.82 Å². The van der Waals surface area contributed by atoms with Crippen molar-refractivity contribution in [2.24, 2.45) is 11.1 Å². The first-order chi connectivity index (χ1) is 9.00. The first kappa shape index (κ1) is 20.4. The Labute approximate surface area is 142 Å². The first-order valence-corrected chi connectivity index (χ1v) is 6.72. The molecule has 0 radical (unpaired) electrons. The molecule has 1 saturated heterocycles. The molecule has 0 aliphatic carbocycles. The van der Waals surface area contributed by atoms with E-state index in [4.69, 9.17) is 17.3 Å². The quantitative estimate of drug-likeness (QED) is 0.868. The number of pyridine rings is 1. The van der Waals surface area contributed by atoms with Crippen molar-refractivity contribution in [1.29, 1.82) is 0 Å². The van der Waals surface area contributed by atoms with Crippen LogP contribution < -0.4 is 11.1 Å². The van der Waals surface area contributed by atoms with Gasteiger partial charge in [0.2, 0.25) is 5.91 Å². The van der Waals surface area contributed by atoms with E-state index in [0.717, 1.165) is 19.5 Å². The van der Waals surface area contributed by atoms with E-state index in [1.165, 1.54) is 6.20 Å². The van der Waals surface area contributed by atoms with Crippen LogP contribution in [0.1, 0.15) is 13.3 Å². The van der Waals surface area contributed by atoms with Gasteiger partial charge < -0.3 is 11.1 Å². The van der Waals surface area contributed by atoms with Gasteiger partial charge in [-0.05, 0) is 37.1 Å². The second-order valence-corrected chi connectivity index (χ2v) is 5.82. The molecule has 1 aromatic heterocycles. The number of amides is 1. The highest BCUT2D eigenvalue weighted by Gasteiger charge is 2.33. The zero-order valence-corrected chi connectivity index (χ0v) is 14.2. The summed E-state index contributed by atoms with van der Waals surface area (Å²) in [6, 6.07) is 3.39. The Kier molecular flexibility index (Phi) is 8.51. The van der Waals surface area contributed by atoms with E-state index in [-0.39, 0.29) is 36.1 Å². The molecule has 1 atom stereocenters. The van der Waals surface area contributed by atoms with Gasteiger partial charge in [0.05, 0.1) is 11.6 Å². The molecule has 8 heteroatoms. The molecule has 0 aromatic carbocycles. The van der Waals surface area contributed by atoms with Crippen molar-refractivity contribution in [2.45, 2.75) is 13.3 Å². The van der Waals surface area contributed by atoms with Crippen molar-refractivity contribution in [3.63, 3.8) is 0 Å². The number of anilines is 1. The van der Waals surface area contributed by atoms with E-state index >= 15 is 0 Å². The number of likely N-dealkylation sites (tertiary alicyclic amines) is 1. The van der Waals surface area contributed by atoms with Gasteiger partial charge in [-0.3, -0.25) is 9.69 Å². The number of hydrogen-bond donors (Lipinski definition) is 2. The number of carbonyl (C=O) groups excluding carboxylic acids is 1. The van der Waals surface area contributed by atoms with Gasteiger partial charge >= 0.3 is 0 Å². The van der Waals surface area contributed by atoms with Gasteiger partial charge in [0, 0.05) is 12.7 Å². The maximum Gasteiger partial charge on any atom is 0.239 e. The molecule has 1 fully saturated rings. The van der Waals surface area contributed by atoms with Crippen LogP contribution in [0, 0.1) is 5.41 Å². The first-order valence-electron chi connectivity index (χ1n) is 6.35. The zero-order valence-electron chi connectivity index (χ0n) is 11.8. The van der Waals surface area contributed by atoms with Gasteiger partial charge in [0.15, 0.2) is 0 Å². The lowest BCUT2D eigenvalue weighted by atomic mass is 9.90. The van der Waals surface area contributed by atoms with Crippen molar-refractivity contribution >= 4 is 48.1 Å². The van der Waals surface area contributed by atoms with Gasteiger partial charge in [-0.25, -0.2) is 4.98 Å². The van der Waals surface area contributed by atoms with E-state index in [1.807, 2.05) is 0 Å². The number of rotatable bonds is 4.